The molecule has 0 fully saturated rings. The van der Waals surface area contributed by atoms with Crippen LogP contribution in [-0.2, 0) is 10.0 Å². The van der Waals surface area contributed by atoms with Crippen LogP contribution >= 0.6 is 0 Å². The number of ether oxygens (including phenoxy) is 1. The molecule has 0 aliphatic rings. The van der Waals surface area contributed by atoms with E-state index in [0.717, 1.165) is 28.5 Å². The standard InChI is InChI=1S/C20H20FNO4S/c1-26-19-10-9-15(21)13-20(19)27(24,25)22-12-11-18(23)17-8-4-6-14-5-2-3-7-16(14)17/h2-10,13,18,22-23H,11-12H2,1H3/t18-/m1/s1. The summed E-state index contributed by atoms with van der Waals surface area (Å²) in [5, 5.41) is 12.4. The molecular formula is C20H20FNO4S. The normalized spacial score (nSPS) is 12.9. The average Bonchev–Trinajstić information content (AvgIpc) is 2.67. The summed E-state index contributed by atoms with van der Waals surface area (Å²) in [5.41, 5.74) is 0.732. The molecule has 27 heavy (non-hydrogen) atoms. The molecule has 0 heterocycles. The highest BCUT2D eigenvalue weighted by atomic mass is 32.2. The summed E-state index contributed by atoms with van der Waals surface area (Å²) in [7, 11) is -2.66. The van der Waals surface area contributed by atoms with Crippen molar-refractivity contribution in [3.8, 4) is 5.75 Å². The number of nitrogens with one attached hydrogen (secondary N) is 1. The number of aliphatic hydroxyl groups is 1. The molecule has 0 aliphatic heterocycles. The van der Waals surface area contributed by atoms with E-state index >= 15 is 0 Å². The van der Waals surface area contributed by atoms with Gasteiger partial charge < -0.3 is 9.84 Å². The summed E-state index contributed by atoms with van der Waals surface area (Å²) >= 11 is 0. The Hall–Kier alpha value is -2.48. The molecule has 1 atom stereocenters. The van der Waals surface area contributed by atoms with E-state index < -0.39 is 21.9 Å². The van der Waals surface area contributed by atoms with E-state index in [2.05, 4.69) is 4.72 Å². The zero-order valence-corrected chi connectivity index (χ0v) is 15.5. The maximum absolute atomic E-state index is 13.4. The summed E-state index contributed by atoms with van der Waals surface area (Å²) < 4.78 is 45.7. The zero-order chi connectivity index (χ0) is 19.4. The summed E-state index contributed by atoms with van der Waals surface area (Å²) in [5.74, 6) is -0.620. The van der Waals surface area contributed by atoms with Crippen molar-refractivity contribution in [3.05, 3.63) is 72.0 Å². The van der Waals surface area contributed by atoms with Crippen LogP contribution in [-0.4, -0.2) is 27.2 Å². The third-order valence-corrected chi connectivity index (χ3v) is 5.79. The average molecular weight is 389 g/mol. The van der Waals surface area contributed by atoms with Gasteiger partial charge >= 0.3 is 0 Å². The Kier molecular flexibility index (Phi) is 5.74. The minimum absolute atomic E-state index is 0.00755. The second-order valence-corrected chi connectivity index (χ2v) is 7.80. The SMILES string of the molecule is COc1ccc(F)cc1S(=O)(=O)NCC[C@@H](O)c1cccc2ccccc12. The van der Waals surface area contributed by atoms with Gasteiger partial charge in [0.1, 0.15) is 16.5 Å². The van der Waals surface area contributed by atoms with Crippen molar-refractivity contribution in [3.63, 3.8) is 0 Å². The van der Waals surface area contributed by atoms with Crippen molar-refractivity contribution in [1.29, 1.82) is 0 Å². The van der Waals surface area contributed by atoms with Crippen LogP contribution in [0.15, 0.2) is 65.6 Å². The lowest BCUT2D eigenvalue weighted by molar-refractivity contribution is 0.170. The van der Waals surface area contributed by atoms with E-state index in [0.29, 0.717) is 0 Å². The molecule has 0 radical (unpaired) electrons. The number of methoxy groups -OCH3 is 1. The molecule has 3 rings (SSSR count). The molecule has 3 aromatic carbocycles. The van der Waals surface area contributed by atoms with E-state index in [1.807, 2.05) is 42.5 Å². The molecule has 0 spiro atoms. The Morgan fingerprint density at radius 3 is 2.63 bits per heavy atom. The van der Waals surface area contributed by atoms with Gasteiger partial charge in [-0.3, -0.25) is 0 Å². The van der Waals surface area contributed by atoms with E-state index in [9.17, 15) is 17.9 Å². The Morgan fingerprint density at radius 1 is 1.11 bits per heavy atom. The summed E-state index contributed by atoms with van der Waals surface area (Å²) in [4.78, 5) is -0.273. The number of fused-ring (bicyclic) bond motifs is 1. The van der Waals surface area contributed by atoms with Gasteiger partial charge in [0.05, 0.1) is 13.2 Å². The van der Waals surface area contributed by atoms with Gasteiger partial charge in [0.15, 0.2) is 0 Å². The lowest BCUT2D eigenvalue weighted by atomic mass is 9.99. The number of sulfonamides is 1. The molecule has 142 valence electrons. The second kappa shape index (κ2) is 8.04. The molecule has 2 N–H and O–H groups in total. The molecule has 0 aliphatic carbocycles. The highest BCUT2D eigenvalue weighted by Crippen LogP contribution is 2.27. The summed E-state index contributed by atoms with van der Waals surface area (Å²) in [6.45, 7) is -0.00755. The number of hydrogen-bond donors (Lipinski definition) is 2. The molecule has 3 aromatic rings. The van der Waals surface area contributed by atoms with Crippen molar-refractivity contribution >= 4 is 20.8 Å². The Bertz CT molecular complexity index is 1050. The van der Waals surface area contributed by atoms with E-state index in [1.165, 1.54) is 13.2 Å². The van der Waals surface area contributed by atoms with Gasteiger partial charge in [0.2, 0.25) is 10.0 Å². The van der Waals surface area contributed by atoms with Crippen molar-refractivity contribution in [2.45, 2.75) is 17.4 Å². The number of benzene rings is 3. The highest BCUT2D eigenvalue weighted by molar-refractivity contribution is 7.89. The van der Waals surface area contributed by atoms with Crippen molar-refractivity contribution in [2.75, 3.05) is 13.7 Å². The minimum atomic E-state index is -3.97. The third kappa shape index (κ3) is 4.27. The van der Waals surface area contributed by atoms with Crippen molar-refractivity contribution in [2.24, 2.45) is 0 Å². The van der Waals surface area contributed by atoms with Gasteiger partial charge in [-0.1, -0.05) is 42.5 Å². The number of aliphatic hydroxyl groups excluding tert-OH is 1. The van der Waals surface area contributed by atoms with Crippen LogP contribution in [0.3, 0.4) is 0 Å². The first-order valence-electron chi connectivity index (χ1n) is 8.41. The van der Waals surface area contributed by atoms with Gasteiger partial charge in [0.25, 0.3) is 0 Å². The lowest BCUT2D eigenvalue weighted by Gasteiger charge is -2.15. The van der Waals surface area contributed by atoms with Gasteiger partial charge in [-0.25, -0.2) is 17.5 Å². The molecule has 7 heteroatoms. The maximum atomic E-state index is 13.4. The van der Waals surface area contributed by atoms with Gasteiger partial charge in [-0.2, -0.15) is 0 Å². The van der Waals surface area contributed by atoms with Crippen LogP contribution in [0.1, 0.15) is 18.1 Å². The Morgan fingerprint density at radius 2 is 1.85 bits per heavy atom. The predicted octanol–water partition coefficient (Wildman–Crippen LogP) is 3.39. The summed E-state index contributed by atoms with van der Waals surface area (Å²) in [6, 6.07) is 16.6. The molecule has 0 unspecified atom stereocenters. The van der Waals surface area contributed by atoms with Crippen molar-refractivity contribution < 1.29 is 22.7 Å². The quantitative estimate of drug-likeness (QED) is 0.650. The minimum Gasteiger partial charge on any atom is -0.495 e. The van der Waals surface area contributed by atoms with Crippen LogP contribution in [0.5, 0.6) is 5.75 Å². The first-order valence-corrected chi connectivity index (χ1v) is 9.89. The Balaban J connectivity index is 1.73. The molecule has 0 saturated carbocycles. The summed E-state index contributed by atoms with van der Waals surface area (Å²) in [6.07, 6.45) is -0.668. The smallest absolute Gasteiger partial charge is 0.244 e. The van der Waals surface area contributed by atoms with Crippen LogP contribution in [0, 0.1) is 5.82 Å². The van der Waals surface area contributed by atoms with Gasteiger partial charge in [-0.15, -0.1) is 0 Å². The maximum Gasteiger partial charge on any atom is 0.244 e. The number of rotatable bonds is 7. The molecular weight excluding hydrogens is 369 g/mol. The molecule has 5 nitrogen and oxygen atoms in total. The first-order chi connectivity index (χ1) is 12.9. The fourth-order valence-corrected chi connectivity index (χ4v) is 4.19. The van der Waals surface area contributed by atoms with E-state index in [4.69, 9.17) is 4.74 Å². The van der Waals surface area contributed by atoms with Crippen LogP contribution in [0.2, 0.25) is 0 Å². The highest BCUT2D eigenvalue weighted by Gasteiger charge is 2.21. The van der Waals surface area contributed by atoms with Crippen LogP contribution in [0.25, 0.3) is 10.8 Å². The predicted molar refractivity (Wildman–Crippen MR) is 102 cm³/mol. The topological polar surface area (TPSA) is 75.6 Å². The van der Waals surface area contributed by atoms with Crippen LogP contribution in [0.4, 0.5) is 4.39 Å². The van der Waals surface area contributed by atoms with Crippen molar-refractivity contribution in [1.82, 2.24) is 4.72 Å². The largest absolute Gasteiger partial charge is 0.495 e. The first kappa shape index (κ1) is 19.3. The zero-order valence-electron chi connectivity index (χ0n) is 14.7. The molecule has 0 aromatic heterocycles. The Labute approximate surface area is 157 Å². The molecule has 0 saturated heterocycles. The van der Waals surface area contributed by atoms with Gasteiger partial charge in [-0.05, 0) is 41.0 Å². The third-order valence-electron chi connectivity index (χ3n) is 4.31. The molecule has 0 bridgehead atoms. The lowest BCUT2D eigenvalue weighted by Crippen LogP contribution is -2.26. The van der Waals surface area contributed by atoms with Gasteiger partial charge in [0, 0.05) is 6.54 Å². The van der Waals surface area contributed by atoms with Crippen LogP contribution < -0.4 is 9.46 Å². The number of hydrogen-bond acceptors (Lipinski definition) is 4. The second-order valence-electron chi connectivity index (χ2n) is 6.07. The van der Waals surface area contributed by atoms with E-state index in [-0.39, 0.29) is 23.6 Å². The monoisotopic (exact) mass is 389 g/mol. The van der Waals surface area contributed by atoms with E-state index in [1.54, 1.807) is 0 Å². The number of halogens is 1. The molecule has 0 amide bonds. The fourth-order valence-electron chi connectivity index (χ4n) is 2.96. The fraction of sp³-hybridized carbons (Fsp3) is 0.200.